The second kappa shape index (κ2) is 8.24. The summed E-state index contributed by atoms with van der Waals surface area (Å²) >= 11 is 0. The van der Waals surface area contributed by atoms with Gasteiger partial charge in [0.2, 0.25) is 0 Å². The third-order valence-corrected chi connectivity index (χ3v) is 3.50. The highest BCUT2D eigenvalue weighted by molar-refractivity contribution is 6.04. The molecule has 0 spiro atoms. The molecule has 0 atom stereocenters. The lowest BCUT2D eigenvalue weighted by molar-refractivity contribution is 0.102. The maximum atomic E-state index is 12.4. The third kappa shape index (κ3) is 4.65. The average Bonchev–Trinajstić information content (AvgIpc) is 2.60. The molecule has 0 unspecified atom stereocenters. The minimum atomic E-state index is -0.196. The zero-order valence-electron chi connectivity index (χ0n) is 14.6. The lowest BCUT2D eigenvalue weighted by Crippen LogP contribution is -2.12. The Balaban J connectivity index is 2.04. The molecule has 5 heteroatoms. The first-order chi connectivity index (χ1) is 11.5. The number of rotatable bonds is 7. The van der Waals surface area contributed by atoms with Crippen molar-refractivity contribution in [2.45, 2.75) is 13.8 Å². The fourth-order valence-corrected chi connectivity index (χ4v) is 2.17. The van der Waals surface area contributed by atoms with Crippen molar-refractivity contribution in [3.63, 3.8) is 0 Å². The Morgan fingerprint density at radius 2 is 1.58 bits per heavy atom. The molecule has 0 aliphatic heterocycles. The van der Waals surface area contributed by atoms with Crippen LogP contribution in [0.3, 0.4) is 0 Å². The summed E-state index contributed by atoms with van der Waals surface area (Å²) in [6.45, 7) is 5.23. The zero-order valence-corrected chi connectivity index (χ0v) is 14.6. The van der Waals surface area contributed by atoms with Crippen LogP contribution in [0.15, 0.2) is 42.5 Å². The van der Waals surface area contributed by atoms with Gasteiger partial charge in [-0.2, -0.15) is 0 Å². The van der Waals surface area contributed by atoms with E-state index in [1.807, 2.05) is 24.3 Å². The van der Waals surface area contributed by atoms with E-state index in [9.17, 15) is 4.79 Å². The fourth-order valence-electron chi connectivity index (χ4n) is 2.17. The molecule has 0 heterocycles. The summed E-state index contributed by atoms with van der Waals surface area (Å²) in [5.74, 6) is 1.50. The van der Waals surface area contributed by atoms with E-state index in [0.717, 1.165) is 17.9 Å². The van der Waals surface area contributed by atoms with Crippen LogP contribution in [0.2, 0.25) is 0 Å². The summed E-state index contributed by atoms with van der Waals surface area (Å²) in [7, 11) is 3.11. The Hall–Kier alpha value is -2.69. The molecule has 0 fully saturated rings. The first-order valence-electron chi connectivity index (χ1n) is 7.90. The normalized spacial score (nSPS) is 10.4. The van der Waals surface area contributed by atoms with Gasteiger partial charge in [-0.3, -0.25) is 4.79 Å². The number of hydrogen-bond donors (Lipinski definition) is 2. The molecule has 0 radical (unpaired) electrons. The van der Waals surface area contributed by atoms with E-state index in [1.165, 1.54) is 0 Å². The van der Waals surface area contributed by atoms with Gasteiger partial charge >= 0.3 is 0 Å². The van der Waals surface area contributed by atoms with Gasteiger partial charge in [0.05, 0.1) is 14.2 Å². The standard InChI is InChI=1S/C19H24N2O3/c1-13(2)12-20-15-6-8-16(9-7-15)21-19(22)14-5-10-17(23-3)18(11-14)24-4/h5-11,13,20H,12H2,1-4H3,(H,21,22). The van der Waals surface area contributed by atoms with Crippen LogP contribution < -0.4 is 20.1 Å². The van der Waals surface area contributed by atoms with E-state index >= 15 is 0 Å². The first-order valence-corrected chi connectivity index (χ1v) is 7.90. The molecule has 0 aliphatic carbocycles. The van der Waals surface area contributed by atoms with Crippen LogP contribution >= 0.6 is 0 Å². The van der Waals surface area contributed by atoms with Gasteiger partial charge in [-0.15, -0.1) is 0 Å². The molecule has 0 aromatic heterocycles. The van der Waals surface area contributed by atoms with Crippen molar-refractivity contribution in [2.75, 3.05) is 31.4 Å². The van der Waals surface area contributed by atoms with E-state index < -0.39 is 0 Å². The Labute approximate surface area is 143 Å². The number of carbonyl (C=O) groups excluding carboxylic acids is 1. The number of amides is 1. The number of anilines is 2. The predicted octanol–water partition coefficient (Wildman–Crippen LogP) is 4.02. The lowest BCUT2D eigenvalue weighted by atomic mass is 10.1. The molecular formula is C19H24N2O3. The summed E-state index contributed by atoms with van der Waals surface area (Å²) in [5.41, 5.74) is 2.28. The smallest absolute Gasteiger partial charge is 0.255 e. The highest BCUT2D eigenvalue weighted by atomic mass is 16.5. The summed E-state index contributed by atoms with van der Waals surface area (Å²) in [5, 5.41) is 6.22. The van der Waals surface area contributed by atoms with Gasteiger partial charge in [0.25, 0.3) is 5.91 Å². The van der Waals surface area contributed by atoms with Gasteiger partial charge in [-0.25, -0.2) is 0 Å². The van der Waals surface area contributed by atoms with Crippen LogP contribution in [-0.2, 0) is 0 Å². The number of carbonyl (C=O) groups is 1. The van der Waals surface area contributed by atoms with Gasteiger partial charge in [0, 0.05) is 23.5 Å². The number of hydrogen-bond acceptors (Lipinski definition) is 4. The second-order valence-corrected chi connectivity index (χ2v) is 5.88. The zero-order chi connectivity index (χ0) is 17.5. The topological polar surface area (TPSA) is 59.6 Å². The average molecular weight is 328 g/mol. The van der Waals surface area contributed by atoms with Crippen LogP contribution in [0.25, 0.3) is 0 Å². The molecule has 2 aromatic rings. The fraction of sp³-hybridized carbons (Fsp3) is 0.316. The van der Waals surface area contributed by atoms with Gasteiger partial charge in [0.1, 0.15) is 0 Å². The maximum absolute atomic E-state index is 12.4. The van der Waals surface area contributed by atoms with Crippen LogP contribution in [0.5, 0.6) is 11.5 Å². The molecule has 2 aromatic carbocycles. The number of ether oxygens (including phenoxy) is 2. The van der Waals surface area contributed by atoms with Crippen molar-refractivity contribution >= 4 is 17.3 Å². The molecule has 5 nitrogen and oxygen atoms in total. The van der Waals surface area contributed by atoms with E-state index in [2.05, 4.69) is 24.5 Å². The molecule has 2 rings (SSSR count). The van der Waals surface area contributed by atoms with Crippen molar-refractivity contribution in [3.05, 3.63) is 48.0 Å². The number of benzene rings is 2. The van der Waals surface area contributed by atoms with Crippen LogP contribution in [0, 0.1) is 5.92 Å². The van der Waals surface area contributed by atoms with Gasteiger partial charge in [0.15, 0.2) is 11.5 Å². The van der Waals surface area contributed by atoms with Crippen molar-refractivity contribution in [1.29, 1.82) is 0 Å². The van der Waals surface area contributed by atoms with Crippen molar-refractivity contribution in [3.8, 4) is 11.5 Å². The van der Waals surface area contributed by atoms with Crippen molar-refractivity contribution < 1.29 is 14.3 Å². The molecule has 0 bridgehead atoms. The summed E-state index contributed by atoms with van der Waals surface area (Å²) in [4.78, 5) is 12.4. The monoisotopic (exact) mass is 328 g/mol. The third-order valence-electron chi connectivity index (χ3n) is 3.50. The quantitative estimate of drug-likeness (QED) is 0.806. The van der Waals surface area contributed by atoms with E-state index in [4.69, 9.17) is 9.47 Å². The van der Waals surface area contributed by atoms with E-state index in [-0.39, 0.29) is 5.91 Å². The van der Waals surface area contributed by atoms with Gasteiger partial charge < -0.3 is 20.1 Å². The Morgan fingerprint density at radius 3 is 2.17 bits per heavy atom. The second-order valence-electron chi connectivity index (χ2n) is 5.88. The molecule has 0 saturated heterocycles. The van der Waals surface area contributed by atoms with Crippen molar-refractivity contribution in [1.82, 2.24) is 0 Å². The molecular weight excluding hydrogens is 304 g/mol. The molecule has 128 valence electrons. The van der Waals surface area contributed by atoms with Crippen molar-refractivity contribution in [2.24, 2.45) is 5.92 Å². The van der Waals surface area contributed by atoms with E-state index in [0.29, 0.717) is 23.0 Å². The molecule has 0 aliphatic rings. The van der Waals surface area contributed by atoms with Gasteiger partial charge in [-0.05, 0) is 48.4 Å². The minimum Gasteiger partial charge on any atom is -0.493 e. The summed E-state index contributed by atoms with van der Waals surface area (Å²) in [6, 6.07) is 12.7. The SMILES string of the molecule is COc1ccc(C(=O)Nc2ccc(NCC(C)C)cc2)cc1OC. The molecule has 24 heavy (non-hydrogen) atoms. The Kier molecular flexibility index (Phi) is 6.07. The minimum absolute atomic E-state index is 0.196. The molecule has 0 saturated carbocycles. The Bertz CT molecular complexity index is 682. The Morgan fingerprint density at radius 1 is 0.958 bits per heavy atom. The highest BCUT2D eigenvalue weighted by Gasteiger charge is 2.11. The predicted molar refractivity (Wildman–Crippen MR) is 97.3 cm³/mol. The molecule has 2 N–H and O–H groups in total. The first kappa shape index (κ1) is 17.7. The van der Waals surface area contributed by atoms with Crippen LogP contribution in [-0.4, -0.2) is 26.7 Å². The summed E-state index contributed by atoms with van der Waals surface area (Å²) in [6.07, 6.45) is 0. The largest absolute Gasteiger partial charge is 0.493 e. The summed E-state index contributed by atoms with van der Waals surface area (Å²) < 4.78 is 10.4. The van der Waals surface area contributed by atoms with Gasteiger partial charge in [-0.1, -0.05) is 13.8 Å². The van der Waals surface area contributed by atoms with Crippen LogP contribution in [0.1, 0.15) is 24.2 Å². The highest BCUT2D eigenvalue weighted by Crippen LogP contribution is 2.28. The van der Waals surface area contributed by atoms with E-state index in [1.54, 1.807) is 32.4 Å². The number of nitrogens with one attached hydrogen (secondary N) is 2. The van der Waals surface area contributed by atoms with Crippen LogP contribution in [0.4, 0.5) is 11.4 Å². The molecule has 1 amide bonds. The maximum Gasteiger partial charge on any atom is 0.255 e. The lowest BCUT2D eigenvalue weighted by Gasteiger charge is -2.11. The number of methoxy groups -OCH3 is 2.